The van der Waals surface area contributed by atoms with Gasteiger partial charge in [0, 0.05) is 11.6 Å². The van der Waals surface area contributed by atoms with Crippen LogP contribution in [0.5, 0.6) is 11.5 Å². The number of hydrogen-bond donors (Lipinski definition) is 2. The third-order valence-electron chi connectivity index (χ3n) is 4.03. The van der Waals surface area contributed by atoms with Gasteiger partial charge in [-0.05, 0) is 55.5 Å². The quantitative estimate of drug-likeness (QED) is 0.566. The predicted octanol–water partition coefficient (Wildman–Crippen LogP) is 3.75. The first kappa shape index (κ1) is 20.7. The molecule has 3 aromatic rings. The molecule has 0 saturated carbocycles. The summed E-state index contributed by atoms with van der Waals surface area (Å²) >= 11 is 0. The van der Waals surface area contributed by atoms with Crippen molar-refractivity contribution < 1.29 is 28.6 Å². The van der Waals surface area contributed by atoms with E-state index in [0.717, 1.165) is 0 Å². The lowest BCUT2D eigenvalue weighted by Crippen LogP contribution is -2.28. The van der Waals surface area contributed by atoms with Gasteiger partial charge >= 0.3 is 11.9 Å². The van der Waals surface area contributed by atoms with Gasteiger partial charge in [0.1, 0.15) is 29.2 Å². The molecule has 0 aliphatic carbocycles. The van der Waals surface area contributed by atoms with E-state index in [0.29, 0.717) is 17.1 Å². The molecule has 1 atom stereocenters. The summed E-state index contributed by atoms with van der Waals surface area (Å²) in [5.74, 6) is -0.823. The first-order chi connectivity index (χ1) is 14.4. The lowest BCUT2D eigenvalue weighted by Gasteiger charge is -2.13. The van der Waals surface area contributed by atoms with Gasteiger partial charge in [-0.1, -0.05) is 0 Å². The second kappa shape index (κ2) is 8.99. The highest BCUT2D eigenvalue weighted by atomic mass is 19.1. The molecule has 0 fully saturated rings. The van der Waals surface area contributed by atoms with Gasteiger partial charge in [0.05, 0.1) is 7.11 Å². The van der Waals surface area contributed by atoms with Crippen molar-refractivity contribution in [2.24, 2.45) is 0 Å². The zero-order chi connectivity index (χ0) is 21.7. The Balaban J connectivity index is 1.85. The topological polar surface area (TPSA) is 111 Å². The van der Waals surface area contributed by atoms with Gasteiger partial charge in [0.25, 0.3) is 0 Å². The van der Waals surface area contributed by atoms with Gasteiger partial charge in [-0.15, -0.1) is 0 Å². The zero-order valence-electron chi connectivity index (χ0n) is 16.1. The minimum atomic E-state index is -1.23. The molecule has 0 aliphatic rings. The molecule has 30 heavy (non-hydrogen) atoms. The van der Waals surface area contributed by atoms with E-state index in [1.807, 2.05) is 0 Å². The van der Waals surface area contributed by atoms with E-state index in [4.69, 9.17) is 4.74 Å². The first-order valence-electron chi connectivity index (χ1n) is 8.86. The minimum absolute atomic E-state index is 0.155. The van der Waals surface area contributed by atoms with Gasteiger partial charge < -0.3 is 19.9 Å². The van der Waals surface area contributed by atoms with Crippen LogP contribution in [0.15, 0.2) is 54.6 Å². The summed E-state index contributed by atoms with van der Waals surface area (Å²) in [6, 6.07) is 12.7. The molecule has 1 unspecified atom stereocenters. The summed E-state index contributed by atoms with van der Waals surface area (Å²) in [7, 11) is 1.25. The highest BCUT2D eigenvalue weighted by Gasteiger charge is 2.17. The van der Waals surface area contributed by atoms with Gasteiger partial charge in [-0.2, -0.15) is 0 Å². The highest BCUT2D eigenvalue weighted by Crippen LogP contribution is 2.25. The summed E-state index contributed by atoms with van der Waals surface area (Å²) in [6.07, 6.45) is 0. The summed E-state index contributed by atoms with van der Waals surface area (Å²) in [5, 5.41) is 12.1. The number of carbonyl (C=O) groups excluding carboxylic acids is 1. The maximum absolute atomic E-state index is 13.0. The molecule has 0 saturated heterocycles. The average Bonchev–Trinajstić information content (AvgIpc) is 2.75. The maximum Gasteiger partial charge on any atom is 0.354 e. The number of rotatable bonds is 7. The molecule has 154 valence electrons. The number of anilines is 1. The number of carboxylic acids is 1. The normalized spacial score (nSPS) is 11.4. The molecule has 8 nitrogen and oxygen atoms in total. The molecule has 0 radical (unpaired) electrons. The number of ether oxygens (including phenoxy) is 2. The molecule has 0 aliphatic heterocycles. The van der Waals surface area contributed by atoms with Crippen LogP contribution in [0.4, 0.5) is 10.2 Å². The number of halogens is 1. The average molecular weight is 411 g/mol. The lowest BCUT2D eigenvalue weighted by molar-refractivity contribution is -0.141. The largest absolute Gasteiger partial charge is 0.477 e. The zero-order valence-corrected chi connectivity index (χ0v) is 16.1. The monoisotopic (exact) mass is 411 g/mol. The third-order valence-corrected chi connectivity index (χ3v) is 4.03. The van der Waals surface area contributed by atoms with E-state index in [1.54, 1.807) is 31.2 Å². The summed E-state index contributed by atoms with van der Waals surface area (Å²) in [4.78, 5) is 31.4. The fourth-order valence-corrected chi connectivity index (χ4v) is 2.53. The number of aromatic carboxylic acids is 1. The molecule has 0 amide bonds. The minimum Gasteiger partial charge on any atom is -0.477 e. The van der Waals surface area contributed by atoms with Crippen molar-refractivity contribution in [2.75, 3.05) is 12.4 Å². The number of esters is 1. The molecule has 1 aromatic heterocycles. The number of nitrogens with one attached hydrogen (secondary N) is 1. The van der Waals surface area contributed by atoms with Crippen LogP contribution in [0.25, 0.3) is 11.4 Å². The van der Waals surface area contributed by atoms with Crippen LogP contribution in [-0.4, -0.2) is 40.2 Å². The summed E-state index contributed by atoms with van der Waals surface area (Å²) < 4.78 is 23.3. The Labute approximate surface area is 171 Å². The number of aromatic nitrogens is 2. The molecule has 0 spiro atoms. The molecular weight excluding hydrogens is 393 g/mol. The fraction of sp³-hybridized carbons (Fsp3) is 0.143. The number of carboxylic acid groups (broad SMARTS) is 1. The van der Waals surface area contributed by atoms with E-state index < -0.39 is 18.0 Å². The Kier molecular flexibility index (Phi) is 6.21. The molecule has 3 rings (SSSR count). The first-order valence-corrected chi connectivity index (χ1v) is 8.86. The van der Waals surface area contributed by atoms with E-state index in [2.05, 4.69) is 20.0 Å². The number of benzene rings is 2. The van der Waals surface area contributed by atoms with Crippen LogP contribution >= 0.6 is 0 Å². The van der Waals surface area contributed by atoms with Crippen molar-refractivity contribution in [1.29, 1.82) is 0 Å². The second-order valence-electron chi connectivity index (χ2n) is 6.24. The molecule has 2 aromatic carbocycles. The van der Waals surface area contributed by atoms with Crippen LogP contribution in [0, 0.1) is 5.82 Å². The Hall–Kier alpha value is -4.01. The molecule has 2 N–H and O–H groups in total. The Morgan fingerprint density at radius 1 is 1.03 bits per heavy atom. The van der Waals surface area contributed by atoms with Crippen molar-refractivity contribution in [3.05, 3.63) is 66.1 Å². The van der Waals surface area contributed by atoms with Crippen LogP contribution in [0.1, 0.15) is 17.4 Å². The van der Waals surface area contributed by atoms with Gasteiger partial charge in [0.15, 0.2) is 11.5 Å². The van der Waals surface area contributed by atoms with Crippen molar-refractivity contribution in [1.82, 2.24) is 9.97 Å². The van der Waals surface area contributed by atoms with Crippen LogP contribution < -0.4 is 10.1 Å². The molecule has 1 heterocycles. The van der Waals surface area contributed by atoms with Crippen molar-refractivity contribution in [2.45, 2.75) is 13.0 Å². The van der Waals surface area contributed by atoms with Crippen molar-refractivity contribution >= 4 is 17.8 Å². The lowest BCUT2D eigenvalue weighted by atomic mass is 10.2. The summed E-state index contributed by atoms with van der Waals surface area (Å²) in [6.45, 7) is 1.57. The van der Waals surface area contributed by atoms with E-state index in [1.165, 1.54) is 37.4 Å². The standard InChI is InChI=1S/C21H18FN3O5/c1-12(21(28)29-2)23-18-11-17(20(26)27)24-19(25-18)13-3-7-15(8-4-13)30-16-9-5-14(22)6-10-16/h3-12H,1-2H3,(H,26,27)(H,23,24,25). The Bertz CT molecular complexity index is 1060. The molecule has 0 bridgehead atoms. The SMILES string of the molecule is COC(=O)C(C)Nc1cc(C(=O)O)nc(-c2ccc(Oc3ccc(F)cc3)cc2)n1. The Morgan fingerprint density at radius 3 is 2.20 bits per heavy atom. The van der Waals surface area contributed by atoms with Gasteiger partial charge in [-0.3, -0.25) is 0 Å². The smallest absolute Gasteiger partial charge is 0.354 e. The number of carbonyl (C=O) groups is 2. The fourth-order valence-electron chi connectivity index (χ4n) is 2.53. The molecule has 9 heteroatoms. The maximum atomic E-state index is 13.0. The van der Waals surface area contributed by atoms with Crippen LogP contribution in [-0.2, 0) is 9.53 Å². The highest BCUT2D eigenvalue weighted by molar-refractivity contribution is 5.87. The number of methoxy groups -OCH3 is 1. The second-order valence-corrected chi connectivity index (χ2v) is 6.24. The van der Waals surface area contributed by atoms with Gasteiger partial charge in [-0.25, -0.2) is 23.9 Å². The Morgan fingerprint density at radius 2 is 1.63 bits per heavy atom. The van der Waals surface area contributed by atoms with Gasteiger partial charge in [0.2, 0.25) is 0 Å². The number of nitrogens with zero attached hydrogens (tertiary/aromatic N) is 2. The van der Waals surface area contributed by atoms with Crippen molar-refractivity contribution in [3.63, 3.8) is 0 Å². The van der Waals surface area contributed by atoms with E-state index in [9.17, 15) is 19.1 Å². The molecular formula is C21H18FN3O5. The van der Waals surface area contributed by atoms with Crippen LogP contribution in [0.2, 0.25) is 0 Å². The van der Waals surface area contributed by atoms with E-state index >= 15 is 0 Å². The number of hydrogen-bond acceptors (Lipinski definition) is 7. The van der Waals surface area contributed by atoms with E-state index in [-0.39, 0.29) is 23.2 Å². The predicted molar refractivity (Wildman–Crippen MR) is 106 cm³/mol. The third kappa shape index (κ3) is 5.07. The van der Waals surface area contributed by atoms with Crippen LogP contribution in [0.3, 0.4) is 0 Å². The summed E-state index contributed by atoms with van der Waals surface area (Å²) in [5.41, 5.74) is 0.310. The van der Waals surface area contributed by atoms with Crippen molar-refractivity contribution in [3.8, 4) is 22.9 Å².